The Morgan fingerprint density at radius 3 is 2.45 bits per heavy atom. The number of rotatable bonds is 10. The summed E-state index contributed by atoms with van der Waals surface area (Å²) >= 11 is 5.49. The molecule has 9 heteroatoms. The third-order valence-corrected chi connectivity index (χ3v) is 12.6. The van der Waals surface area contributed by atoms with Crippen LogP contribution in [0.1, 0.15) is 50.1 Å². The first-order chi connectivity index (χ1) is 19.3. The predicted molar refractivity (Wildman–Crippen MR) is 162 cm³/mol. The molecule has 3 heterocycles. The average Bonchev–Trinajstić information content (AvgIpc) is 3.56. The molecule has 1 saturated carbocycles. The topological polar surface area (TPSA) is 81.2 Å². The molecule has 1 aromatic rings. The zero-order valence-electron chi connectivity index (χ0n) is 23.2. The van der Waals surface area contributed by atoms with Crippen LogP contribution in [0.2, 0.25) is 0 Å². The lowest BCUT2D eigenvalue weighted by atomic mass is 9.70. The molecular formula is C31H40BrN3O4S. The van der Waals surface area contributed by atoms with Gasteiger partial charge in [0.2, 0.25) is 17.7 Å². The fraction of sp³-hybridized carbons (Fsp3) is 0.581. The van der Waals surface area contributed by atoms with Crippen LogP contribution in [0.15, 0.2) is 55.6 Å². The third-order valence-electron chi connectivity index (χ3n) is 9.34. The Hall–Kier alpha value is -2.10. The summed E-state index contributed by atoms with van der Waals surface area (Å²) in [7, 11) is 1.74. The fourth-order valence-electron chi connectivity index (χ4n) is 7.64. The molecule has 3 saturated heterocycles. The highest BCUT2D eigenvalue weighted by atomic mass is 79.9. The van der Waals surface area contributed by atoms with E-state index in [1.165, 1.54) is 0 Å². The molecule has 7 atom stereocenters. The molecule has 4 aliphatic rings. The van der Waals surface area contributed by atoms with Crippen LogP contribution >= 0.6 is 27.7 Å². The summed E-state index contributed by atoms with van der Waals surface area (Å²) in [5.74, 6) is -1.58. The van der Waals surface area contributed by atoms with Gasteiger partial charge in [0.25, 0.3) is 0 Å². The van der Waals surface area contributed by atoms with E-state index in [0.29, 0.717) is 19.5 Å². The Morgan fingerprint density at radius 2 is 1.82 bits per heavy atom. The summed E-state index contributed by atoms with van der Waals surface area (Å²) in [6.45, 7) is 8.21. The number of alkyl halides is 1. The van der Waals surface area contributed by atoms with Crippen molar-refractivity contribution in [3.8, 4) is 0 Å². The maximum atomic E-state index is 14.9. The number of hydrogen-bond donors (Lipinski definition) is 1. The number of hydrogen-bond acceptors (Lipinski definition) is 5. The number of amides is 3. The number of benzene rings is 1. The smallest absolute Gasteiger partial charge is 0.247 e. The molecule has 4 fully saturated rings. The van der Waals surface area contributed by atoms with Gasteiger partial charge in [-0.1, -0.05) is 77.7 Å². The minimum Gasteiger partial charge on any atom is -0.394 e. The number of halogens is 1. The van der Waals surface area contributed by atoms with E-state index in [-0.39, 0.29) is 40.4 Å². The molecule has 1 N–H and O–H groups in total. The minimum absolute atomic E-state index is 0.00489. The number of likely N-dealkylation sites (N-methyl/N-ethyl adjacent to an activating group) is 1. The van der Waals surface area contributed by atoms with E-state index >= 15 is 0 Å². The van der Waals surface area contributed by atoms with E-state index in [0.717, 1.165) is 37.7 Å². The van der Waals surface area contributed by atoms with E-state index in [4.69, 9.17) is 0 Å². The average molecular weight is 631 g/mol. The zero-order chi connectivity index (χ0) is 28.6. The largest absolute Gasteiger partial charge is 0.394 e. The molecule has 1 aromatic carbocycles. The summed E-state index contributed by atoms with van der Waals surface area (Å²) in [5.41, 5.74) is 0.780. The first-order valence-corrected chi connectivity index (χ1v) is 16.2. The number of nitrogens with zero attached hydrogens (tertiary/aromatic N) is 3. The van der Waals surface area contributed by atoms with Crippen LogP contribution in [0.25, 0.3) is 0 Å². The van der Waals surface area contributed by atoms with Gasteiger partial charge in [-0.2, -0.15) is 0 Å². The Kier molecular flexibility index (Phi) is 8.83. The van der Waals surface area contributed by atoms with Crippen LogP contribution in [0.5, 0.6) is 0 Å². The van der Waals surface area contributed by atoms with Crippen LogP contribution in [0.4, 0.5) is 0 Å². The van der Waals surface area contributed by atoms with Gasteiger partial charge in [0, 0.05) is 36.3 Å². The third kappa shape index (κ3) is 4.75. The summed E-state index contributed by atoms with van der Waals surface area (Å²) in [5, 5.41) is 10.6. The van der Waals surface area contributed by atoms with Gasteiger partial charge in [-0.05, 0) is 24.8 Å². The van der Waals surface area contributed by atoms with Crippen LogP contribution in [0.3, 0.4) is 0 Å². The van der Waals surface area contributed by atoms with E-state index in [1.807, 2.05) is 35.2 Å². The molecule has 7 nitrogen and oxygen atoms in total. The molecule has 216 valence electrons. The van der Waals surface area contributed by atoms with Crippen molar-refractivity contribution in [3.05, 3.63) is 61.2 Å². The fourth-order valence-corrected chi connectivity index (χ4v) is 11.2. The summed E-state index contributed by atoms with van der Waals surface area (Å²) in [6.07, 6.45) is 9.24. The molecule has 5 rings (SSSR count). The number of thioether (sulfide) groups is 1. The molecule has 1 aliphatic carbocycles. The molecule has 1 spiro atoms. The predicted octanol–water partition coefficient (Wildman–Crippen LogP) is 4.18. The molecule has 3 amide bonds. The van der Waals surface area contributed by atoms with Gasteiger partial charge in [0.1, 0.15) is 6.04 Å². The number of aliphatic hydroxyl groups excluding tert-OH is 1. The van der Waals surface area contributed by atoms with Gasteiger partial charge >= 0.3 is 0 Å². The minimum atomic E-state index is -0.790. The number of likely N-dealkylation sites (tertiary alicyclic amines) is 1. The van der Waals surface area contributed by atoms with Crippen LogP contribution in [-0.4, -0.2) is 91.2 Å². The van der Waals surface area contributed by atoms with Gasteiger partial charge in [0.05, 0.1) is 29.2 Å². The van der Waals surface area contributed by atoms with Crippen molar-refractivity contribution in [1.29, 1.82) is 0 Å². The number of aliphatic hydroxyl groups is 1. The van der Waals surface area contributed by atoms with Gasteiger partial charge in [-0.3, -0.25) is 14.4 Å². The van der Waals surface area contributed by atoms with Crippen LogP contribution in [-0.2, 0) is 14.4 Å². The van der Waals surface area contributed by atoms with E-state index < -0.39 is 28.7 Å². The summed E-state index contributed by atoms with van der Waals surface area (Å²) in [4.78, 5) is 48.5. The number of carbonyl (C=O) groups is 3. The second-order valence-electron chi connectivity index (χ2n) is 11.6. The summed E-state index contributed by atoms with van der Waals surface area (Å²) < 4.78 is -0.765. The van der Waals surface area contributed by atoms with Crippen LogP contribution < -0.4 is 0 Å². The molecule has 40 heavy (non-hydrogen) atoms. The second kappa shape index (κ2) is 12.0. The molecule has 0 radical (unpaired) electrons. The lowest BCUT2D eigenvalue weighted by Gasteiger charge is -2.42. The normalized spacial score (nSPS) is 32.0. The molecular weight excluding hydrogens is 590 g/mol. The molecule has 3 aliphatic heterocycles. The monoisotopic (exact) mass is 629 g/mol. The van der Waals surface area contributed by atoms with Crippen LogP contribution in [0, 0.1) is 11.8 Å². The highest BCUT2D eigenvalue weighted by Crippen LogP contribution is 2.68. The quantitative estimate of drug-likeness (QED) is 0.310. The van der Waals surface area contributed by atoms with Gasteiger partial charge < -0.3 is 19.8 Å². The first kappa shape index (κ1) is 29.4. The van der Waals surface area contributed by atoms with Gasteiger partial charge in [-0.25, -0.2) is 0 Å². The van der Waals surface area contributed by atoms with Crippen molar-refractivity contribution in [2.24, 2.45) is 11.8 Å². The molecule has 2 bridgehead atoms. The number of fused-ring (bicyclic) bond motifs is 1. The molecule has 0 aromatic heterocycles. The zero-order valence-corrected chi connectivity index (χ0v) is 25.6. The number of carbonyl (C=O) groups excluding carboxylic acids is 3. The van der Waals surface area contributed by atoms with E-state index in [9.17, 15) is 19.5 Å². The Labute approximate surface area is 250 Å². The van der Waals surface area contributed by atoms with Crippen molar-refractivity contribution in [2.45, 2.75) is 71.5 Å². The first-order valence-electron chi connectivity index (χ1n) is 14.4. The second-order valence-corrected chi connectivity index (χ2v) is 14.3. The standard InChI is InChI=1S/C31H40BrN3O4S/c1-4-16-33(3)28(37)24-25-29(38)35(23(19-36)20-12-8-6-9-13-20)27(31(25)18-22(32)26(24)40-31)30(39)34(17-5-2)21-14-10-7-11-15-21/h4-6,8-9,12-13,21-27,36H,1-2,7,10-11,14-19H2,3H3/t22?,23-,24+,25+,26+,27?,31?/m1/s1. The van der Waals surface area contributed by atoms with Crippen molar-refractivity contribution in [3.63, 3.8) is 0 Å². The van der Waals surface area contributed by atoms with Gasteiger partial charge in [-0.15, -0.1) is 24.9 Å². The van der Waals surface area contributed by atoms with Crippen molar-refractivity contribution in [2.75, 3.05) is 26.7 Å². The summed E-state index contributed by atoms with van der Waals surface area (Å²) in [6, 6.07) is 8.06. The SMILES string of the molecule is C=CCN(C)C(=O)[C@H]1[C@H]2C(=O)N([C@H](CO)c3ccccc3)C(C(=O)N(CC=C)C3CCCCC3)C23CC(Br)[C@@H]1S3. The van der Waals surface area contributed by atoms with Gasteiger partial charge in [0.15, 0.2) is 0 Å². The lowest BCUT2D eigenvalue weighted by Crippen LogP contribution is -2.58. The highest BCUT2D eigenvalue weighted by Gasteiger charge is 2.76. The van der Waals surface area contributed by atoms with Crippen molar-refractivity contribution in [1.82, 2.24) is 14.7 Å². The van der Waals surface area contributed by atoms with E-state index in [1.54, 1.807) is 40.8 Å². The Balaban J connectivity index is 1.63. The van der Waals surface area contributed by atoms with Crippen molar-refractivity contribution < 1.29 is 19.5 Å². The maximum absolute atomic E-state index is 14.9. The maximum Gasteiger partial charge on any atom is 0.247 e. The van der Waals surface area contributed by atoms with Crippen molar-refractivity contribution >= 4 is 45.4 Å². The highest BCUT2D eigenvalue weighted by molar-refractivity contribution is 9.09. The Bertz CT molecular complexity index is 1140. The Morgan fingerprint density at radius 1 is 1.15 bits per heavy atom. The lowest BCUT2D eigenvalue weighted by molar-refractivity contribution is -0.148. The molecule has 3 unspecified atom stereocenters. The van der Waals surface area contributed by atoms with E-state index in [2.05, 4.69) is 29.1 Å².